The van der Waals surface area contributed by atoms with Crippen molar-refractivity contribution in [2.75, 3.05) is 18.1 Å². The van der Waals surface area contributed by atoms with Crippen molar-refractivity contribution in [1.29, 1.82) is 0 Å². The van der Waals surface area contributed by atoms with Gasteiger partial charge in [-0.1, -0.05) is 20.8 Å². The van der Waals surface area contributed by atoms with Gasteiger partial charge in [0.25, 0.3) is 0 Å². The van der Waals surface area contributed by atoms with Gasteiger partial charge in [0.15, 0.2) is 0 Å². The van der Waals surface area contributed by atoms with Gasteiger partial charge in [0.2, 0.25) is 0 Å². The van der Waals surface area contributed by atoms with Crippen LogP contribution < -0.4 is 5.32 Å². The molecule has 0 saturated carbocycles. The van der Waals surface area contributed by atoms with E-state index in [1.54, 1.807) is 11.8 Å². The van der Waals surface area contributed by atoms with Crippen molar-refractivity contribution in [2.24, 2.45) is 5.41 Å². The Labute approximate surface area is 90.5 Å². The average Bonchev–Trinajstić information content (AvgIpc) is 2.14. The maximum Gasteiger partial charge on any atom is 0.125 e. The molecule has 0 aromatic carbocycles. The molecule has 0 bridgehead atoms. The highest BCUT2D eigenvalue weighted by Crippen LogP contribution is 2.17. The Balaban J connectivity index is 2.52. The van der Waals surface area contributed by atoms with Crippen LogP contribution in [0.4, 0.5) is 5.82 Å². The molecule has 0 atom stereocenters. The van der Waals surface area contributed by atoms with Crippen molar-refractivity contribution in [2.45, 2.75) is 25.7 Å². The summed E-state index contributed by atoms with van der Waals surface area (Å²) in [5, 5.41) is 3.32. The first-order chi connectivity index (χ1) is 6.51. The van der Waals surface area contributed by atoms with E-state index in [0.29, 0.717) is 5.41 Å². The number of hydrogen-bond acceptors (Lipinski definition) is 3. The first-order valence-electron chi connectivity index (χ1n) is 4.75. The van der Waals surface area contributed by atoms with E-state index in [-0.39, 0.29) is 0 Å². The molecule has 78 valence electrons. The molecule has 0 radical (unpaired) electrons. The van der Waals surface area contributed by atoms with Gasteiger partial charge in [0.1, 0.15) is 5.82 Å². The van der Waals surface area contributed by atoms with Gasteiger partial charge in [-0.15, -0.1) is 11.8 Å². The van der Waals surface area contributed by atoms with Gasteiger partial charge in [-0.25, -0.2) is 4.98 Å². The minimum Gasteiger partial charge on any atom is -0.370 e. The Bertz CT molecular complexity index is 274. The zero-order valence-electron chi connectivity index (χ0n) is 9.29. The number of aromatic nitrogens is 1. The first kappa shape index (κ1) is 11.4. The second kappa shape index (κ2) is 4.69. The molecular formula is C11H18N2S. The van der Waals surface area contributed by atoms with E-state index in [9.17, 15) is 0 Å². The van der Waals surface area contributed by atoms with E-state index in [0.717, 1.165) is 12.4 Å². The fourth-order valence-corrected chi connectivity index (χ4v) is 1.32. The minimum atomic E-state index is 0.292. The average molecular weight is 210 g/mol. The SMILES string of the molecule is CSc1ccc(NCC(C)(C)C)nc1. The van der Waals surface area contributed by atoms with Crippen LogP contribution in [0.1, 0.15) is 20.8 Å². The third-order valence-corrected chi connectivity index (χ3v) is 2.48. The first-order valence-corrected chi connectivity index (χ1v) is 5.98. The Kier molecular flexibility index (Phi) is 3.81. The van der Waals surface area contributed by atoms with Crippen LogP contribution in [-0.4, -0.2) is 17.8 Å². The fraction of sp³-hybridized carbons (Fsp3) is 0.545. The van der Waals surface area contributed by atoms with Gasteiger partial charge in [-0.2, -0.15) is 0 Å². The molecule has 1 N–H and O–H groups in total. The smallest absolute Gasteiger partial charge is 0.125 e. The number of nitrogens with zero attached hydrogens (tertiary/aromatic N) is 1. The van der Waals surface area contributed by atoms with E-state index < -0.39 is 0 Å². The summed E-state index contributed by atoms with van der Waals surface area (Å²) in [5.74, 6) is 0.956. The van der Waals surface area contributed by atoms with Crippen LogP contribution in [0.15, 0.2) is 23.2 Å². The molecule has 0 aliphatic rings. The van der Waals surface area contributed by atoms with Crippen LogP contribution in [0.5, 0.6) is 0 Å². The second-order valence-electron chi connectivity index (χ2n) is 4.50. The molecule has 1 rings (SSSR count). The quantitative estimate of drug-likeness (QED) is 0.775. The Hall–Kier alpha value is -0.700. The lowest BCUT2D eigenvalue weighted by atomic mass is 9.97. The summed E-state index contributed by atoms with van der Waals surface area (Å²) < 4.78 is 0. The highest BCUT2D eigenvalue weighted by molar-refractivity contribution is 7.98. The van der Waals surface area contributed by atoms with Crippen LogP contribution in [-0.2, 0) is 0 Å². The molecule has 0 amide bonds. The highest BCUT2D eigenvalue weighted by atomic mass is 32.2. The monoisotopic (exact) mass is 210 g/mol. The molecule has 1 aromatic rings. The van der Waals surface area contributed by atoms with Crippen LogP contribution >= 0.6 is 11.8 Å². The number of pyridine rings is 1. The molecule has 0 unspecified atom stereocenters. The Morgan fingerprint density at radius 2 is 2.07 bits per heavy atom. The van der Waals surface area contributed by atoms with E-state index >= 15 is 0 Å². The highest BCUT2D eigenvalue weighted by Gasteiger charge is 2.09. The zero-order chi connectivity index (χ0) is 10.6. The van der Waals surface area contributed by atoms with Gasteiger partial charge < -0.3 is 5.32 Å². The molecule has 1 heterocycles. The summed E-state index contributed by atoms with van der Waals surface area (Å²) >= 11 is 1.71. The van der Waals surface area contributed by atoms with Crippen molar-refractivity contribution in [1.82, 2.24) is 4.98 Å². The normalized spacial score (nSPS) is 11.4. The van der Waals surface area contributed by atoms with Gasteiger partial charge in [0, 0.05) is 17.6 Å². The molecule has 0 fully saturated rings. The lowest BCUT2D eigenvalue weighted by Crippen LogP contribution is -2.19. The number of hydrogen-bond donors (Lipinski definition) is 1. The molecule has 2 nitrogen and oxygen atoms in total. The molecule has 0 spiro atoms. The standard InChI is InChI=1S/C11H18N2S/c1-11(2,3)8-13-10-6-5-9(14-4)7-12-10/h5-7H,8H2,1-4H3,(H,12,13). The van der Waals surface area contributed by atoms with Gasteiger partial charge in [-0.3, -0.25) is 0 Å². The van der Waals surface area contributed by atoms with Crippen molar-refractivity contribution in [3.63, 3.8) is 0 Å². The lowest BCUT2D eigenvalue weighted by molar-refractivity contribution is 0.442. The number of nitrogens with one attached hydrogen (secondary N) is 1. The number of thioether (sulfide) groups is 1. The third-order valence-electron chi connectivity index (χ3n) is 1.77. The molecule has 0 saturated heterocycles. The summed E-state index contributed by atoms with van der Waals surface area (Å²) in [6.07, 6.45) is 3.95. The third kappa shape index (κ3) is 4.01. The number of anilines is 1. The second-order valence-corrected chi connectivity index (χ2v) is 5.38. The van der Waals surface area contributed by atoms with Crippen molar-refractivity contribution in [3.8, 4) is 0 Å². The van der Waals surface area contributed by atoms with Crippen molar-refractivity contribution in [3.05, 3.63) is 18.3 Å². The van der Waals surface area contributed by atoms with Crippen LogP contribution in [0.2, 0.25) is 0 Å². The van der Waals surface area contributed by atoms with E-state index in [4.69, 9.17) is 0 Å². The molecule has 0 aliphatic heterocycles. The largest absolute Gasteiger partial charge is 0.370 e. The predicted octanol–water partition coefficient (Wildman–Crippen LogP) is 3.26. The van der Waals surface area contributed by atoms with E-state index in [1.807, 2.05) is 12.3 Å². The Morgan fingerprint density at radius 3 is 2.50 bits per heavy atom. The zero-order valence-corrected chi connectivity index (χ0v) is 10.1. The van der Waals surface area contributed by atoms with E-state index in [2.05, 4.69) is 43.4 Å². The fourth-order valence-electron chi connectivity index (χ4n) is 0.961. The van der Waals surface area contributed by atoms with Crippen molar-refractivity contribution < 1.29 is 0 Å². The topological polar surface area (TPSA) is 24.9 Å². The molecule has 1 aromatic heterocycles. The van der Waals surface area contributed by atoms with Gasteiger partial charge in [-0.05, 0) is 23.8 Å². The minimum absolute atomic E-state index is 0.292. The summed E-state index contributed by atoms with van der Waals surface area (Å²) in [5.41, 5.74) is 0.292. The summed E-state index contributed by atoms with van der Waals surface area (Å²) in [4.78, 5) is 5.52. The summed E-state index contributed by atoms with van der Waals surface area (Å²) in [7, 11) is 0. The Morgan fingerprint density at radius 1 is 1.36 bits per heavy atom. The lowest BCUT2D eigenvalue weighted by Gasteiger charge is -2.19. The van der Waals surface area contributed by atoms with Crippen LogP contribution in [0.25, 0.3) is 0 Å². The van der Waals surface area contributed by atoms with Crippen molar-refractivity contribution >= 4 is 17.6 Å². The summed E-state index contributed by atoms with van der Waals surface area (Å²) in [6.45, 7) is 7.56. The molecule has 0 aliphatic carbocycles. The molecule has 14 heavy (non-hydrogen) atoms. The summed E-state index contributed by atoms with van der Waals surface area (Å²) in [6, 6.07) is 4.11. The van der Waals surface area contributed by atoms with Crippen LogP contribution in [0.3, 0.4) is 0 Å². The van der Waals surface area contributed by atoms with E-state index in [1.165, 1.54) is 4.90 Å². The predicted molar refractivity (Wildman–Crippen MR) is 64.0 cm³/mol. The van der Waals surface area contributed by atoms with Gasteiger partial charge in [0.05, 0.1) is 0 Å². The van der Waals surface area contributed by atoms with Crippen LogP contribution in [0, 0.1) is 5.41 Å². The number of rotatable bonds is 3. The maximum absolute atomic E-state index is 4.32. The molecule has 3 heteroatoms. The van der Waals surface area contributed by atoms with Gasteiger partial charge >= 0.3 is 0 Å². The molecular weight excluding hydrogens is 192 g/mol. The maximum atomic E-state index is 4.32.